The summed E-state index contributed by atoms with van der Waals surface area (Å²) in [6.45, 7) is 1.43. The van der Waals surface area contributed by atoms with Crippen molar-refractivity contribution in [2.75, 3.05) is 18.0 Å². The van der Waals surface area contributed by atoms with Crippen molar-refractivity contribution in [1.82, 2.24) is 14.6 Å². The molecule has 0 aliphatic carbocycles. The van der Waals surface area contributed by atoms with Gasteiger partial charge in [0.1, 0.15) is 5.52 Å². The first kappa shape index (κ1) is 13.5. The maximum Gasteiger partial charge on any atom is 0.154 e. The molecule has 1 unspecified atom stereocenters. The Kier molecular flexibility index (Phi) is 3.24. The lowest BCUT2D eigenvalue weighted by Gasteiger charge is -2.16. The van der Waals surface area contributed by atoms with Gasteiger partial charge in [0.25, 0.3) is 0 Å². The highest BCUT2D eigenvalue weighted by atomic mass is 35.5. The van der Waals surface area contributed by atoms with Gasteiger partial charge in [-0.05, 0) is 24.6 Å². The first-order valence-electron chi connectivity index (χ1n) is 7.24. The number of benzene rings is 1. The van der Waals surface area contributed by atoms with E-state index in [9.17, 15) is 5.11 Å². The van der Waals surface area contributed by atoms with E-state index < -0.39 is 0 Å². The van der Waals surface area contributed by atoms with Crippen LogP contribution in [0.1, 0.15) is 6.42 Å². The van der Waals surface area contributed by atoms with Crippen LogP contribution in [-0.4, -0.2) is 38.9 Å². The molecule has 6 heteroatoms. The summed E-state index contributed by atoms with van der Waals surface area (Å²) in [6.07, 6.45) is 4.07. The molecule has 1 N–H and O–H groups in total. The molecule has 22 heavy (non-hydrogen) atoms. The quantitative estimate of drug-likeness (QED) is 0.790. The molecule has 3 aromatic rings. The molecule has 1 atom stereocenters. The minimum Gasteiger partial charge on any atom is -0.391 e. The average molecular weight is 315 g/mol. The van der Waals surface area contributed by atoms with Crippen molar-refractivity contribution < 1.29 is 5.11 Å². The third kappa shape index (κ3) is 2.32. The molecule has 1 fully saturated rings. The molecule has 5 nitrogen and oxygen atoms in total. The summed E-state index contributed by atoms with van der Waals surface area (Å²) in [5.74, 6) is 0.861. The second kappa shape index (κ2) is 5.26. The van der Waals surface area contributed by atoms with Gasteiger partial charge in [0.2, 0.25) is 0 Å². The fourth-order valence-corrected chi connectivity index (χ4v) is 3.07. The number of β-amino-alcohol motifs (C(OH)–C–C–N with tert-alkyl or cyclic N) is 1. The normalized spacial score (nSPS) is 18.3. The maximum atomic E-state index is 9.74. The highest BCUT2D eigenvalue weighted by Gasteiger charge is 2.23. The van der Waals surface area contributed by atoms with Crippen LogP contribution in [0.5, 0.6) is 0 Å². The summed E-state index contributed by atoms with van der Waals surface area (Å²) in [7, 11) is 0. The van der Waals surface area contributed by atoms with Crippen molar-refractivity contribution >= 4 is 22.9 Å². The molecule has 1 aromatic carbocycles. The van der Waals surface area contributed by atoms with E-state index in [4.69, 9.17) is 11.6 Å². The summed E-state index contributed by atoms with van der Waals surface area (Å²) in [5.41, 5.74) is 2.77. The molecule has 1 saturated heterocycles. The number of nitrogens with zero attached hydrogens (tertiary/aromatic N) is 4. The van der Waals surface area contributed by atoms with Crippen LogP contribution in [0, 0.1) is 0 Å². The number of aromatic nitrogens is 3. The second-order valence-electron chi connectivity index (χ2n) is 5.51. The Morgan fingerprint density at radius 3 is 2.95 bits per heavy atom. The predicted octanol–water partition coefficient (Wildman–Crippen LogP) is 2.62. The number of fused-ring (bicyclic) bond motifs is 1. The number of aliphatic hydroxyl groups excluding tert-OH is 1. The van der Waals surface area contributed by atoms with Crippen LogP contribution in [0.3, 0.4) is 0 Å². The number of rotatable bonds is 2. The van der Waals surface area contributed by atoms with E-state index in [0.717, 1.165) is 35.6 Å². The standard InChI is InChI=1S/C16H15ClN4O/c17-12-3-1-2-11(8-12)14-9-15-16(18-5-7-21(15)19-14)20-6-4-13(22)10-20/h1-3,5,7-9,13,22H,4,6,10H2. The molecule has 4 rings (SSSR count). The van der Waals surface area contributed by atoms with Gasteiger partial charge in [-0.25, -0.2) is 9.50 Å². The van der Waals surface area contributed by atoms with Crippen molar-refractivity contribution in [1.29, 1.82) is 0 Å². The van der Waals surface area contributed by atoms with Crippen molar-refractivity contribution in [2.24, 2.45) is 0 Å². The summed E-state index contributed by atoms with van der Waals surface area (Å²) < 4.78 is 1.82. The van der Waals surface area contributed by atoms with Crippen LogP contribution in [-0.2, 0) is 0 Å². The third-order valence-electron chi connectivity index (χ3n) is 3.95. The highest BCUT2D eigenvalue weighted by molar-refractivity contribution is 6.30. The fraction of sp³-hybridized carbons (Fsp3) is 0.250. The van der Waals surface area contributed by atoms with E-state index >= 15 is 0 Å². The van der Waals surface area contributed by atoms with E-state index in [2.05, 4.69) is 15.0 Å². The zero-order chi connectivity index (χ0) is 15.1. The Morgan fingerprint density at radius 1 is 1.27 bits per heavy atom. The number of aliphatic hydroxyl groups is 1. The van der Waals surface area contributed by atoms with E-state index in [1.165, 1.54) is 0 Å². The first-order chi connectivity index (χ1) is 10.7. The molecule has 3 heterocycles. The Bertz CT molecular complexity index is 832. The minimum atomic E-state index is -0.280. The molecule has 0 radical (unpaired) electrons. The van der Waals surface area contributed by atoms with Gasteiger partial charge in [0.15, 0.2) is 5.82 Å². The summed E-state index contributed by atoms with van der Waals surface area (Å²) >= 11 is 6.06. The zero-order valence-corrected chi connectivity index (χ0v) is 12.6. The van der Waals surface area contributed by atoms with Crippen LogP contribution in [0.4, 0.5) is 5.82 Å². The van der Waals surface area contributed by atoms with Crippen molar-refractivity contribution in [2.45, 2.75) is 12.5 Å². The first-order valence-corrected chi connectivity index (χ1v) is 7.62. The monoisotopic (exact) mass is 314 g/mol. The molecular weight excluding hydrogens is 300 g/mol. The molecule has 112 valence electrons. The molecule has 2 aromatic heterocycles. The van der Waals surface area contributed by atoms with Gasteiger partial charge in [-0.2, -0.15) is 5.10 Å². The Balaban J connectivity index is 1.81. The molecule has 1 aliphatic heterocycles. The third-order valence-corrected chi connectivity index (χ3v) is 4.19. The number of hydrogen-bond acceptors (Lipinski definition) is 4. The Morgan fingerprint density at radius 2 is 2.18 bits per heavy atom. The number of halogens is 1. The molecule has 0 spiro atoms. The molecule has 1 aliphatic rings. The number of hydrogen-bond donors (Lipinski definition) is 1. The minimum absolute atomic E-state index is 0.280. The van der Waals surface area contributed by atoms with E-state index in [1.54, 1.807) is 6.20 Å². The lowest BCUT2D eigenvalue weighted by molar-refractivity contribution is 0.198. The molecular formula is C16H15ClN4O. The van der Waals surface area contributed by atoms with Crippen molar-refractivity contribution in [3.05, 3.63) is 47.7 Å². The van der Waals surface area contributed by atoms with Gasteiger partial charge >= 0.3 is 0 Å². The summed E-state index contributed by atoms with van der Waals surface area (Å²) in [4.78, 5) is 6.58. The molecule has 0 saturated carbocycles. The maximum absolute atomic E-state index is 9.74. The largest absolute Gasteiger partial charge is 0.391 e. The van der Waals surface area contributed by atoms with Crippen LogP contribution in [0.25, 0.3) is 16.8 Å². The van der Waals surface area contributed by atoms with Gasteiger partial charge in [0, 0.05) is 36.1 Å². The second-order valence-corrected chi connectivity index (χ2v) is 5.95. The van der Waals surface area contributed by atoms with Gasteiger partial charge in [-0.1, -0.05) is 23.7 Å². The van der Waals surface area contributed by atoms with E-state index in [-0.39, 0.29) is 6.10 Å². The van der Waals surface area contributed by atoms with E-state index in [1.807, 2.05) is 41.0 Å². The van der Waals surface area contributed by atoms with Crippen molar-refractivity contribution in [3.63, 3.8) is 0 Å². The van der Waals surface area contributed by atoms with Crippen molar-refractivity contribution in [3.8, 4) is 11.3 Å². The van der Waals surface area contributed by atoms with Crippen LogP contribution in [0.15, 0.2) is 42.7 Å². The van der Waals surface area contributed by atoms with Crippen LogP contribution < -0.4 is 4.90 Å². The van der Waals surface area contributed by atoms with Gasteiger partial charge in [-0.3, -0.25) is 0 Å². The van der Waals surface area contributed by atoms with E-state index in [0.29, 0.717) is 11.6 Å². The smallest absolute Gasteiger partial charge is 0.154 e. The Labute approximate surface area is 132 Å². The van der Waals surface area contributed by atoms with Crippen LogP contribution >= 0.6 is 11.6 Å². The topological polar surface area (TPSA) is 53.7 Å². The molecule has 0 amide bonds. The molecule has 0 bridgehead atoms. The fourth-order valence-electron chi connectivity index (χ4n) is 2.88. The number of anilines is 1. The lowest BCUT2D eigenvalue weighted by atomic mass is 10.1. The SMILES string of the molecule is OC1CCN(c2nccn3nc(-c4cccc(Cl)c4)cc23)C1. The van der Waals surface area contributed by atoms with Gasteiger partial charge in [0.05, 0.1) is 11.8 Å². The average Bonchev–Trinajstić information content (AvgIpc) is 3.13. The lowest BCUT2D eigenvalue weighted by Crippen LogP contribution is -2.22. The summed E-state index contributed by atoms with van der Waals surface area (Å²) in [5, 5.41) is 15.0. The highest BCUT2D eigenvalue weighted by Crippen LogP contribution is 2.28. The summed E-state index contributed by atoms with van der Waals surface area (Å²) in [6, 6.07) is 9.66. The Hall–Kier alpha value is -2.11. The van der Waals surface area contributed by atoms with Gasteiger partial charge < -0.3 is 10.0 Å². The van der Waals surface area contributed by atoms with Gasteiger partial charge in [-0.15, -0.1) is 0 Å². The predicted molar refractivity (Wildman–Crippen MR) is 86.3 cm³/mol. The zero-order valence-electron chi connectivity index (χ0n) is 11.9. The van der Waals surface area contributed by atoms with Crippen LogP contribution in [0.2, 0.25) is 5.02 Å².